The van der Waals surface area contributed by atoms with Gasteiger partial charge in [-0.2, -0.15) is 0 Å². The summed E-state index contributed by atoms with van der Waals surface area (Å²) in [6.45, 7) is 2.08. The van der Waals surface area contributed by atoms with Crippen LogP contribution in [0.15, 0.2) is 79.1 Å². The third-order valence-corrected chi connectivity index (χ3v) is 9.61. The average Bonchev–Trinajstić information content (AvgIpc) is 3.50. The zero-order chi connectivity index (χ0) is 31.8. The molecule has 234 valence electrons. The number of thiophene rings is 1. The second kappa shape index (κ2) is 14.7. The molecule has 0 atom stereocenters. The highest BCUT2D eigenvalue weighted by Gasteiger charge is 2.24. The molecule has 3 heterocycles. The number of hydrogen-bond donors (Lipinski definition) is 3. The normalized spacial score (nSPS) is 11.5. The van der Waals surface area contributed by atoms with Gasteiger partial charge in [0.1, 0.15) is 5.75 Å². The standard InChI is InChI=1S/C31H31FN5O6PS/c1-40-14-13-33-18-20-7-9-25(35-19-20)29-17-26-30(45-29)28(11-12-34-26)43-27-10-8-22(16-24(27)32)37-31(38)36-21-5-4-6-23(15-21)44(39,41-2)42-3/h4-12,15-17,19,33H,13-14,18H2,1-3H3,(H2,36,37,38). The topological polar surface area (TPSA) is 133 Å². The van der Waals surface area contributed by atoms with Gasteiger partial charge >= 0.3 is 13.6 Å². The van der Waals surface area contributed by atoms with E-state index in [0.717, 1.165) is 33.4 Å². The third kappa shape index (κ3) is 7.90. The van der Waals surface area contributed by atoms with Gasteiger partial charge in [-0.05, 0) is 48.0 Å². The Morgan fingerprint density at radius 1 is 0.933 bits per heavy atom. The van der Waals surface area contributed by atoms with Crippen molar-refractivity contribution in [1.29, 1.82) is 0 Å². The van der Waals surface area contributed by atoms with Gasteiger partial charge in [-0.15, -0.1) is 11.3 Å². The number of fused-ring (bicyclic) bond motifs is 1. The van der Waals surface area contributed by atoms with Crippen LogP contribution in [0, 0.1) is 5.82 Å². The summed E-state index contributed by atoms with van der Waals surface area (Å²) < 4.78 is 49.5. The molecule has 0 bridgehead atoms. The molecule has 3 N–H and O–H groups in total. The number of nitrogens with one attached hydrogen (secondary N) is 3. The van der Waals surface area contributed by atoms with E-state index in [9.17, 15) is 9.36 Å². The van der Waals surface area contributed by atoms with Gasteiger partial charge in [-0.25, -0.2) is 9.18 Å². The number of aromatic nitrogens is 2. The Labute approximate surface area is 263 Å². The summed E-state index contributed by atoms with van der Waals surface area (Å²) in [4.78, 5) is 22.5. The van der Waals surface area contributed by atoms with Crippen LogP contribution in [0.4, 0.5) is 20.6 Å². The maximum Gasteiger partial charge on any atom is 0.360 e. The molecule has 3 aromatic heterocycles. The van der Waals surface area contributed by atoms with Gasteiger partial charge in [0.2, 0.25) is 0 Å². The number of methoxy groups -OCH3 is 1. The molecule has 0 aliphatic heterocycles. The zero-order valence-corrected chi connectivity index (χ0v) is 26.4. The zero-order valence-electron chi connectivity index (χ0n) is 24.7. The largest absolute Gasteiger partial charge is 0.453 e. The first-order chi connectivity index (χ1) is 21.8. The molecule has 0 saturated carbocycles. The molecule has 5 aromatic rings. The lowest BCUT2D eigenvalue weighted by Gasteiger charge is -2.15. The molecule has 45 heavy (non-hydrogen) atoms. The average molecular weight is 652 g/mol. The fourth-order valence-electron chi connectivity index (χ4n) is 4.32. The number of ether oxygens (including phenoxy) is 2. The molecule has 0 unspecified atom stereocenters. The third-order valence-electron chi connectivity index (χ3n) is 6.58. The number of halogens is 1. The van der Waals surface area contributed by atoms with E-state index in [-0.39, 0.29) is 16.7 Å². The van der Waals surface area contributed by atoms with Crippen LogP contribution in [0.3, 0.4) is 0 Å². The van der Waals surface area contributed by atoms with E-state index in [1.807, 2.05) is 24.4 Å². The van der Waals surface area contributed by atoms with Crippen LogP contribution in [0.1, 0.15) is 5.56 Å². The van der Waals surface area contributed by atoms with Gasteiger partial charge in [0.05, 0.1) is 32.7 Å². The van der Waals surface area contributed by atoms with E-state index < -0.39 is 19.4 Å². The van der Waals surface area contributed by atoms with Gasteiger partial charge in [0.25, 0.3) is 0 Å². The Hall–Kier alpha value is -4.23. The number of hydrogen-bond acceptors (Lipinski definition) is 10. The molecule has 5 rings (SSSR count). The van der Waals surface area contributed by atoms with Crippen molar-refractivity contribution in [3.8, 4) is 22.1 Å². The van der Waals surface area contributed by atoms with E-state index in [2.05, 4.69) is 25.9 Å². The summed E-state index contributed by atoms with van der Waals surface area (Å²) in [5.41, 5.74) is 3.10. The minimum atomic E-state index is -3.50. The van der Waals surface area contributed by atoms with Crippen LogP contribution in [0.2, 0.25) is 0 Å². The quantitative estimate of drug-likeness (QED) is 0.0931. The lowest BCUT2D eigenvalue weighted by atomic mass is 10.2. The van der Waals surface area contributed by atoms with Crippen LogP contribution < -0.4 is 26.0 Å². The predicted molar refractivity (Wildman–Crippen MR) is 173 cm³/mol. The number of benzene rings is 2. The summed E-state index contributed by atoms with van der Waals surface area (Å²) in [5, 5.41) is 8.77. The molecule has 14 heteroatoms. The van der Waals surface area contributed by atoms with Gasteiger partial charge in [-0.1, -0.05) is 12.1 Å². The maximum absolute atomic E-state index is 15.1. The van der Waals surface area contributed by atoms with Crippen molar-refractivity contribution in [2.75, 3.05) is 45.1 Å². The molecule has 0 fully saturated rings. The van der Waals surface area contributed by atoms with Crippen LogP contribution in [0.25, 0.3) is 20.8 Å². The smallest absolute Gasteiger partial charge is 0.360 e. The lowest BCUT2D eigenvalue weighted by Crippen LogP contribution is -2.20. The number of nitrogens with zero attached hydrogens (tertiary/aromatic N) is 2. The first kappa shape index (κ1) is 32.2. The van der Waals surface area contributed by atoms with Crippen molar-refractivity contribution in [3.63, 3.8) is 0 Å². The highest BCUT2D eigenvalue weighted by Crippen LogP contribution is 2.45. The maximum atomic E-state index is 15.1. The van der Waals surface area contributed by atoms with Crippen molar-refractivity contribution < 1.29 is 32.3 Å². The molecule has 0 radical (unpaired) electrons. The Morgan fingerprint density at radius 3 is 2.44 bits per heavy atom. The predicted octanol–water partition coefficient (Wildman–Crippen LogP) is 6.78. The highest BCUT2D eigenvalue weighted by atomic mass is 32.1. The van der Waals surface area contributed by atoms with Crippen molar-refractivity contribution in [1.82, 2.24) is 15.3 Å². The number of carbonyl (C=O) groups excluding carboxylic acids is 1. The number of carbonyl (C=O) groups is 1. The lowest BCUT2D eigenvalue weighted by molar-refractivity contribution is 0.199. The van der Waals surface area contributed by atoms with Gasteiger partial charge in [-0.3, -0.25) is 14.5 Å². The number of urea groups is 1. The first-order valence-electron chi connectivity index (χ1n) is 13.7. The highest BCUT2D eigenvalue weighted by molar-refractivity contribution is 7.62. The summed E-state index contributed by atoms with van der Waals surface area (Å²) in [5.74, 6) is -0.250. The second-order valence-corrected chi connectivity index (χ2v) is 12.9. The second-order valence-electron chi connectivity index (χ2n) is 9.59. The molecule has 2 amide bonds. The minimum absolute atomic E-state index is 0.0190. The molecule has 0 aliphatic carbocycles. The number of pyridine rings is 2. The van der Waals surface area contributed by atoms with E-state index in [4.69, 9.17) is 18.5 Å². The SMILES string of the molecule is COCCNCc1ccc(-c2cc3nccc(Oc4ccc(NC(=O)Nc5cccc(P(=O)(OC)OC)c5)cc4F)c3s2)nc1. The fourth-order valence-corrected chi connectivity index (χ4v) is 6.49. The number of anilines is 2. The number of amides is 2. The molecular formula is C31H31FN5O6PS. The summed E-state index contributed by atoms with van der Waals surface area (Å²) in [6.07, 6.45) is 3.43. The Morgan fingerprint density at radius 2 is 1.73 bits per heavy atom. The summed E-state index contributed by atoms with van der Waals surface area (Å²) in [6, 6.07) is 17.3. The van der Waals surface area contributed by atoms with Crippen molar-refractivity contribution in [3.05, 3.63) is 90.5 Å². The van der Waals surface area contributed by atoms with Crippen molar-refractivity contribution in [2.24, 2.45) is 0 Å². The number of rotatable bonds is 13. The monoisotopic (exact) mass is 651 g/mol. The van der Waals surface area contributed by atoms with E-state index >= 15 is 4.39 Å². The molecule has 0 spiro atoms. The molecular weight excluding hydrogens is 620 g/mol. The van der Waals surface area contributed by atoms with Gasteiger partial charge in [0.15, 0.2) is 11.6 Å². The molecule has 0 aliphatic rings. The molecule has 11 nitrogen and oxygen atoms in total. The first-order valence-corrected chi connectivity index (χ1v) is 16.1. The fraction of sp³-hybridized carbons (Fsp3) is 0.194. The van der Waals surface area contributed by atoms with Gasteiger partial charge < -0.3 is 34.5 Å². The van der Waals surface area contributed by atoms with Crippen LogP contribution in [0.5, 0.6) is 11.5 Å². The van der Waals surface area contributed by atoms with Crippen LogP contribution in [-0.2, 0) is 24.9 Å². The summed E-state index contributed by atoms with van der Waals surface area (Å²) >= 11 is 1.45. The summed E-state index contributed by atoms with van der Waals surface area (Å²) in [7, 11) is 0.719. The van der Waals surface area contributed by atoms with Crippen molar-refractivity contribution >= 4 is 51.9 Å². The van der Waals surface area contributed by atoms with Gasteiger partial charge in [0, 0.05) is 70.3 Å². The minimum Gasteiger partial charge on any atom is -0.453 e. The van der Waals surface area contributed by atoms with Crippen LogP contribution in [-0.4, -0.2) is 50.5 Å². The van der Waals surface area contributed by atoms with E-state index in [0.29, 0.717) is 30.1 Å². The Bertz CT molecular complexity index is 1830. The molecule has 2 aromatic carbocycles. The van der Waals surface area contributed by atoms with Crippen LogP contribution >= 0.6 is 18.9 Å². The Kier molecular flexibility index (Phi) is 10.5. The van der Waals surface area contributed by atoms with E-state index in [1.54, 1.807) is 37.6 Å². The van der Waals surface area contributed by atoms with Crippen molar-refractivity contribution in [2.45, 2.75) is 6.54 Å². The molecule has 0 saturated heterocycles. The Balaban J connectivity index is 1.25. The van der Waals surface area contributed by atoms with E-state index in [1.165, 1.54) is 43.8 Å².